The molecule has 0 amide bonds. The lowest BCUT2D eigenvalue weighted by molar-refractivity contribution is -0.112. The zero-order chi connectivity index (χ0) is 8.20. The number of allylic oxidation sites excluding steroid dienone is 1. The zero-order valence-corrected chi connectivity index (χ0v) is 9.30. The topological polar surface area (TPSA) is 17.1 Å². The van der Waals surface area contributed by atoms with E-state index >= 15 is 0 Å². The van der Waals surface area contributed by atoms with Crippen LogP contribution in [0.5, 0.6) is 0 Å². The standard InChI is InChI=1S/C4H5Cl3OSi2/c1-2-4(8)3-9-10(5,6)7/h2H,1,3H2. The third-order valence-corrected chi connectivity index (χ3v) is 6.96. The molecule has 10 heavy (non-hydrogen) atoms. The van der Waals surface area contributed by atoms with Crippen molar-refractivity contribution in [1.29, 1.82) is 0 Å². The fourth-order valence-corrected chi connectivity index (χ4v) is 3.71. The second-order valence-electron chi connectivity index (χ2n) is 1.52. The van der Waals surface area contributed by atoms with Gasteiger partial charge in [0.1, 0.15) is 0 Å². The molecule has 0 spiro atoms. The van der Waals surface area contributed by atoms with E-state index in [1.165, 1.54) is 6.08 Å². The minimum atomic E-state index is -2.56. The highest BCUT2D eigenvalue weighted by Gasteiger charge is 2.25. The largest absolute Gasteiger partial charge is 0.319 e. The summed E-state index contributed by atoms with van der Waals surface area (Å²) in [5.41, 5.74) is -2.56. The zero-order valence-electron chi connectivity index (χ0n) is 5.03. The first-order valence-corrected chi connectivity index (χ1v) is 9.67. The quantitative estimate of drug-likeness (QED) is 0.411. The number of carbonyl (C=O) groups is 1. The highest BCUT2D eigenvalue weighted by atomic mass is 35.8. The van der Waals surface area contributed by atoms with Gasteiger partial charge >= 0.3 is 5.52 Å². The van der Waals surface area contributed by atoms with Gasteiger partial charge in [-0.15, -0.1) is 33.2 Å². The van der Waals surface area contributed by atoms with Crippen LogP contribution in [0.1, 0.15) is 0 Å². The molecule has 0 aliphatic heterocycles. The van der Waals surface area contributed by atoms with E-state index in [9.17, 15) is 4.79 Å². The van der Waals surface area contributed by atoms with Gasteiger partial charge in [0.15, 0.2) is 5.78 Å². The van der Waals surface area contributed by atoms with E-state index in [4.69, 9.17) is 33.2 Å². The molecule has 0 aromatic carbocycles. The van der Waals surface area contributed by atoms with Crippen molar-refractivity contribution in [3.8, 4) is 0 Å². The number of halogens is 3. The van der Waals surface area contributed by atoms with E-state index < -0.39 is 5.52 Å². The van der Waals surface area contributed by atoms with E-state index in [0.717, 1.165) is 0 Å². The number of carbonyl (C=O) groups excluding carboxylic acids is 1. The second kappa shape index (κ2) is 4.56. The number of rotatable bonds is 4. The van der Waals surface area contributed by atoms with Crippen LogP contribution in [-0.4, -0.2) is 20.3 Å². The molecule has 1 nitrogen and oxygen atoms in total. The first-order chi connectivity index (χ1) is 4.45. The summed E-state index contributed by atoms with van der Waals surface area (Å²) in [4.78, 5) is 10.6. The van der Waals surface area contributed by atoms with Crippen LogP contribution in [0.4, 0.5) is 0 Å². The number of hydrogen-bond acceptors (Lipinski definition) is 1. The van der Waals surface area contributed by atoms with Gasteiger partial charge in [0.2, 0.25) is 0 Å². The van der Waals surface area contributed by atoms with Crippen molar-refractivity contribution >= 4 is 53.6 Å². The molecule has 56 valence electrons. The van der Waals surface area contributed by atoms with Gasteiger partial charge < -0.3 is 0 Å². The Morgan fingerprint density at radius 3 is 2.40 bits per heavy atom. The maximum atomic E-state index is 10.6. The van der Waals surface area contributed by atoms with Crippen LogP contribution in [0, 0.1) is 0 Å². The summed E-state index contributed by atoms with van der Waals surface area (Å²) in [5.74, 6) is -0.0582. The van der Waals surface area contributed by atoms with E-state index in [2.05, 4.69) is 6.58 Å². The third kappa shape index (κ3) is 6.83. The Balaban J connectivity index is 3.55. The molecule has 0 unspecified atom stereocenters. The number of hydrogen-bond donors (Lipinski definition) is 0. The van der Waals surface area contributed by atoms with Crippen LogP contribution >= 0.6 is 33.2 Å². The van der Waals surface area contributed by atoms with Crippen molar-refractivity contribution in [3.63, 3.8) is 0 Å². The van der Waals surface area contributed by atoms with E-state index in [-0.39, 0.29) is 14.8 Å². The summed E-state index contributed by atoms with van der Waals surface area (Å²) >= 11 is 16.6. The summed E-state index contributed by atoms with van der Waals surface area (Å²) in [6.45, 7) is 3.30. The summed E-state index contributed by atoms with van der Waals surface area (Å²) in [5, 5.41) is 0. The second-order valence-corrected chi connectivity index (χ2v) is 16.2. The molecular formula is C4H5Cl3OSi2. The lowest BCUT2D eigenvalue weighted by Gasteiger charge is -2.02. The fourth-order valence-electron chi connectivity index (χ4n) is 0.260. The normalized spacial score (nSPS) is 11.1. The average Bonchev–Trinajstić information content (AvgIpc) is 1.81. The predicted octanol–water partition coefficient (Wildman–Crippen LogP) is 2.02. The summed E-state index contributed by atoms with van der Waals surface area (Å²) in [7, 11) is 0.143. The molecule has 0 aliphatic rings. The molecule has 0 fully saturated rings. The third-order valence-electron chi connectivity index (χ3n) is 0.691. The maximum absolute atomic E-state index is 10.6. The summed E-state index contributed by atoms with van der Waals surface area (Å²) in [6.07, 6.45) is 1.25. The molecule has 0 bridgehead atoms. The predicted molar refractivity (Wildman–Crippen MR) is 49.1 cm³/mol. The van der Waals surface area contributed by atoms with Crippen LogP contribution in [0.3, 0.4) is 0 Å². The van der Waals surface area contributed by atoms with E-state index in [0.29, 0.717) is 6.04 Å². The first kappa shape index (κ1) is 10.7. The Bertz CT molecular complexity index is 142. The summed E-state index contributed by atoms with van der Waals surface area (Å²) in [6, 6.07) is 0.326. The van der Waals surface area contributed by atoms with Crippen LogP contribution in [-0.2, 0) is 4.79 Å². The molecule has 0 aromatic heterocycles. The van der Waals surface area contributed by atoms with Gasteiger partial charge in [0, 0.05) is 6.04 Å². The highest BCUT2D eigenvalue weighted by molar-refractivity contribution is 7.82. The monoisotopic (exact) mass is 230 g/mol. The Morgan fingerprint density at radius 1 is 1.60 bits per heavy atom. The molecule has 0 rings (SSSR count). The maximum Gasteiger partial charge on any atom is 0.319 e. The SMILES string of the molecule is C=CC(=O)C[Si][Si](Cl)(Cl)Cl. The molecule has 0 aliphatic carbocycles. The van der Waals surface area contributed by atoms with Crippen molar-refractivity contribution in [1.82, 2.24) is 0 Å². The molecule has 0 aromatic rings. The molecule has 0 N–H and O–H groups in total. The van der Waals surface area contributed by atoms with E-state index in [1.807, 2.05) is 0 Å². The molecule has 2 radical (unpaired) electrons. The molecular weight excluding hydrogens is 227 g/mol. The van der Waals surface area contributed by atoms with Crippen LogP contribution in [0.2, 0.25) is 6.04 Å². The lowest BCUT2D eigenvalue weighted by atomic mass is 10.5. The van der Waals surface area contributed by atoms with Crippen molar-refractivity contribution in [2.24, 2.45) is 0 Å². The van der Waals surface area contributed by atoms with Gasteiger partial charge in [-0.1, -0.05) is 6.58 Å². The molecule has 0 saturated heterocycles. The molecule has 0 saturated carbocycles. The smallest absolute Gasteiger partial charge is 0.295 e. The molecule has 6 heteroatoms. The van der Waals surface area contributed by atoms with Crippen molar-refractivity contribution in [2.75, 3.05) is 0 Å². The van der Waals surface area contributed by atoms with Crippen molar-refractivity contribution in [2.45, 2.75) is 6.04 Å². The Hall–Kier alpha value is 0.714. The minimum Gasteiger partial charge on any atom is -0.295 e. The average molecular weight is 232 g/mol. The molecule has 0 atom stereocenters. The Morgan fingerprint density at radius 2 is 2.10 bits per heavy atom. The summed E-state index contributed by atoms with van der Waals surface area (Å²) < 4.78 is 0. The van der Waals surface area contributed by atoms with Crippen LogP contribution in [0.25, 0.3) is 0 Å². The van der Waals surface area contributed by atoms with Gasteiger partial charge in [0.25, 0.3) is 0 Å². The Kier molecular flexibility index (Phi) is 4.89. The highest BCUT2D eigenvalue weighted by Crippen LogP contribution is 2.18. The fraction of sp³-hybridized carbons (Fsp3) is 0.250. The van der Waals surface area contributed by atoms with E-state index in [1.54, 1.807) is 0 Å². The van der Waals surface area contributed by atoms with Gasteiger partial charge in [0.05, 0.1) is 9.04 Å². The van der Waals surface area contributed by atoms with Gasteiger partial charge in [-0.3, -0.25) is 4.79 Å². The molecule has 0 heterocycles. The number of ketones is 1. The van der Waals surface area contributed by atoms with Gasteiger partial charge in [-0.25, -0.2) is 0 Å². The van der Waals surface area contributed by atoms with Gasteiger partial charge in [-0.2, -0.15) is 0 Å². The first-order valence-electron chi connectivity index (χ1n) is 2.43. The van der Waals surface area contributed by atoms with Crippen LogP contribution < -0.4 is 0 Å². The van der Waals surface area contributed by atoms with Gasteiger partial charge in [-0.05, 0) is 6.08 Å². The Labute approximate surface area is 77.1 Å². The van der Waals surface area contributed by atoms with Crippen molar-refractivity contribution in [3.05, 3.63) is 12.7 Å². The lowest BCUT2D eigenvalue weighted by Crippen LogP contribution is -2.22. The minimum absolute atomic E-state index is 0.0582. The van der Waals surface area contributed by atoms with Crippen molar-refractivity contribution < 1.29 is 4.79 Å². The van der Waals surface area contributed by atoms with Crippen LogP contribution in [0.15, 0.2) is 12.7 Å².